The number of fused-ring (bicyclic) bond motifs is 3. The zero-order valence-electron chi connectivity index (χ0n) is 15.6. The molecule has 0 bridgehead atoms. The molecule has 5 rings (SSSR count). The van der Waals surface area contributed by atoms with E-state index in [0.29, 0.717) is 6.04 Å². The van der Waals surface area contributed by atoms with Gasteiger partial charge in [0.2, 0.25) is 0 Å². The molecule has 5 nitrogen and oxygen atoms in total. The van der Waals surface area contributed by atoms with Crippen LogP contribution in [0.3, 0.4) is 0 Å². The van der Waals surface area contributed by atoms with Crippen molar-refractivity contribution in [3.05, 3.63) is 65.6 Å². The van der Waals surface area contributed by atoms with E-state index in [2.05, 4.69) is 56.2 Å². The normalized spacial score (nSPS) is 19.9. The van der Waals surface area contributed by atoms with Crippen molar-refractivity contribution >= 4 is 10.9 Å². The molecule has 1 saturated heterocycles. The van der Waals surface area contributed by atoms with E-state index in [4.69, 9.17) is 4.74 Å². The summed E-state index contributed by atoms with van der Waals surface area (Å²) in [6.07, 6.45) is 4.98. The topological polar surface area (TPSA) is 44.4 Å². The summed E-state index contributed by atoms with van der Waals surface area (Å²) < 4.78 is 5.58. The highest BCUT2D eigenvalue weighted by atomic mass is 16.5. The van der Waals surface area contributed by atoms with Crippen molar-refractivity contribution in [3.63, 3.8) is 0 Å². The summed E-state index contributed by atoms with van der Waals surface area (Å²) in [5.74, 6) is 0. The van der Waals surface area contributed by atoms with E-state index in [1.165, 1.54) is 27.7 Å². The van der Waals surface area contributed by atoms with Gasteiger partial charge in [-0.3, -0.25) is 14.8 Å². The van der Waals surface area contributed by atoms with Crippen LogP contribution >= 0.6 is 0 Å². The highest BCUT2D eigenvalue weighted by molar-refractivity contribution is 5.84. The Bertz CT molecular complexity index is 901. The van der Waals surface area contributed by atoms with E-state index in [0.717, 1.165) is 52.4 Å². The Balaban J connectivity index is 1.40. The molecule has 4 heterocycles. The first-order chi connectivity index (χ1) is 13.4. The van der Waals surface area contributed by atoms with Gasteiger partial charge < -0.3 is 9.72 Å². The minimum absolute atomic E-state index is 0.370. The van der Waals surface area contributed by atoms with E-state index in [-0.39, 0.29) is 0 Å². The van der Waals surface area contributed by atoms with Crippen LogP contribution in [0.5, 0.6) is 0 Å². The number of hydrogen-bond donors (Lipinski definition) is 1. The molecule has 5 heteroatoms. The first-order valence-corrected chi connectivity index (χ1v) is 9.91. The molecule has 140 valence electrons. The summed E-state index contributed by atoms with van der Waals surface area (Å²) in [6.45, 7) is 6.77. The molecule has 3 aromatic rings. The molecule has 1 atom stereocenters. The number of aromatic amines is 1. The molecule has 0 radical (unpaired) electrons. The summed E-state index contributed by atoms with van der Waals surface area (Å²) >= 11 is 0. The van der Waals surface area contributed by atoms with Crippen molar-refractivity contribution in [3.8, 4) is 0 Å². The predicted molar refractivity (Wildman–Crippen MR) is 107 cm³/mol. The van der Waals surface area contributed by atoms with E-state index >= 15 is 0 Å². The van der Waals surface area contributed by atoms with Crippen molar-refractivity contribution < 1.29 is 4.74 Å². The van der Waals surface area contributed by atoms with E-state index in [9.17, 15) is 0 Å². The Hall–Kier alpha value is -2.21. The van der Waals surface area contributed by atoms with Gasteiger partial charge in [0.15, 0.2) is 0 Å². The zero-order valence-corrected chi connectivity index (χ0v) is 15.6. The van der Waals surface area contributed by atoms with Crippen molar-refractivity contribution in [1.82, 2.24) is 19.8 Å². The number of hydrogen-bond acceptors (Lipinski definition) is 4. The number of nitrogens with zero attached hydrogens (tertiary/aromatic N) is 3. The Labute approximate surface area is 160 Å². The van der Waals surface area contributed by atoms with Crippen LogP contribution in [0.4, 0.5) is 0 Å². The number of pyridine rings is 1. The number of benzene rings is 1. The number of H-pyrrole nitrogens is 1. The van der Waals surface area contributed by atoms with Crippen molar-refractivity contribution in [2.45, 2.75) is 19.0 Å². The van der Waals surface area contributed by atoms with Crippen molar-refractivity contribution in [2.75, 3.05) is 39.4 Å². The van der Waals surface area contributed by atoms with Gasteiger partial charge in [0.1, 0.15) is 0 Å². The number of morpholine rings is 1. The van der Waals surface area contributed by atoms with Crippen LogP contribution in [0.15, 0.2) is 48.8 Å². The Morgan fingerprint density at radius 1 is 1.07 bits per heavy atom. The molecule has 27 heavy (non-hydrogen) atoms. The molecule has 1 N–H and O–H groups in total. The zero-order chi connectivity index (χ0) is 18.1. The highest BCUT2D eigenvalue weighted by Gasteiger charge is 2.28. The fourth-order valence-electron chi connectivity index (χ4n) is 4.52. The Morgan fingerprint density at radius 2 is 1.96 bits per heavy atom. The van der Waals surface area contributed by atoms with E-state index < -0.39 is 0 Å². The van der Waals surface area contributed by atoms with Gasteiger partial charge >= 0.3 is 0 Å². The van der Waals surface area contributed by atoms with E-state index in [1.807, 2.05) is 12.4 Å². The molecular weight excluding hydrogens is 336 g/mol. The second-order valence-corrected chi connectivity index (χ2v) is 7.56. The second kappa shape index (κ2) is 7.43. The fourth-order valence-corrected chi connectivity index (χ4v) is 4.52. The molecule has 0 spiro atoms. The van der Waals surface area contributed by atoms with Crippen LogP contribution in [0, 0.1) is 0 Å². The summed E-state index contributed by atoms with van der Waals surface area (Å²) in [5, 5.41) is 1.38. The quantitative estimate of drug-likeness (QED) is 0.775. The Morgan fingerprint density at radius 3 is 2.81 bits per heavy atom. The van der Waals surface area contributed by atoms with Gasteiger partial charge in [-0.05, 0) is 23.3 Å². The number of para-hydroxylation sites is 1. The Kier molecular flexibility index (Phi) is 4.66. The molecule has 2 aliphatic heterocycles. The minimum Gasteiger partial charge on any atom is -0.379 e. The first-order valence-electron chi connectivity index (χ1n) is 9.91. The maximum absolute atomic E-state index is 5.58. The largest absolute Gasteiger partial charge is 0.379 e. The molecule has 0 unspecified atom stereocenters. The number of ether oxygens (including phenoxy) is 1. The first kappa shape index (κ1) is 16.9. The van der Waals surface area contributed by atoms with Crippen LogP contribution in [0.25, 0.3) is 10.9 Å². The van der Waals surface area contributed by atoms with Crippen LogP contribution in [-0.4, -0.2) is 59.2 Å². The number of nitrogens with one attached hydrogen (secondary N) is 1. The SMILES string of the molecule is c1cncc([C@H](CN2CCc3[nH]c4ccccc4c3C2)N2CCOCC2)c1. The fraction of sp³-hybridized carbons (Fsp3) is 0.409. The third kappa shape index (κ3) is 3.38. The standard InChI is InChI=1S/C22H26N4O/c1-2-6-20-18(5-1)19-15-25(9-7-21(19)24-20)16-22(17-4-3-8-23-14-17)26-10-12-27-13-11-26/h1-6,8,14,22,24H,7,9-13,15-16H2/t22-/m0/s1. The predicted octanol–water partition coefficient (Wildman–Crippen LogP) is 2.99. The summed E-state index contributed by atoms with van der Waals surface area (Å²) in [4.78, 5) is 13.2. The van der Waals surface area contributed by atoms with Gasteiger partial charge in [-0.15, -0.1) is 0 Å². The molecule has 0 saturated carbocycles. The van der Waals surface area contributed by atoms with Gasteiger partial charge in [-0.2, -0.15) is 0 Å². The lowest BCUT2D eigenvalue weighted by Gasteiger charge is -2.38. The average Bonchev–Trinajstić information content (AvgIpc) is 3.11. The molecule has 1 aromatic carbocycles. The van der Waals surface area contributed by atoms with Crippen molar-refractivity contribution in [1.29, 1.82) is 0 Å². The maximum atomic E-state index is 5.58. The summed E-state index contributed by atoms with van der Waals surface area (Å²) in [7, 11) is 0. The number of rotatable bonds is 4. The van der Waals surface area contributed by atoms with Gasteiger partial charge in [0, 0.05) is 74.2 Å². The van der Waals surface area contributed by atoms with Crippen LogP contribution < -0.4 is 0 Å². The maximum Gasteiger partial charge on any atom is 0.0594 e. The minimum atomic E-state index is 0.370. The molecule has 1 fully saturated rings. The van der Waals surface area contributed by atoms with Crippen LogP contribution in [0.2, 0.25) is 0 Å². The van der Waals surface area contributed by atoms with Gasteiger partial charge in [-0.1, -0.05) is 24.3 Å². The van der Waals surface area contributed by atoms with Crippen molar-refractivity contribution in [2.24, 2.45) is 0 Å². The molecule has 2 aromatic heterocycles. The highest BCUT2D eigenvalue weighted by Crippen LogP contribution is 2.30. The van der Waals surface area contributed by atoms with Crippen LogP contribution in [0.1, 0.15) is 22.9 Å². The lowest BCUT2D eigenvalue weighted by molar-refractivity contribution is 0.00638. The van der Waals surface area contributed by atoms with E-state index in [1.54, 1.807) is 0 Å². The molecule has 2 aliphatic rings. The van der Waals surface area contributed by atoms with Gasteiger partial charge in [0.05, 0.1) is 13.2 Å². The average molecular weight is 362 g/mol. The second-order valence-electron chi connectivity index (χ2n) is 7.56. The third-order valence-electron chi connectivity index (χ3n) is 5.95. The lowest BCUT2D eigenvalue weighted by Crippen LogP contribution is -2.44. The lowest BCUT2D eigenvalue weighted by atomic mass is 10.0. The molecule has 0 aliphatic carbocycles. The monoisotopic (exact) mass is 362 g/mol. The van der Waals surface area contributed by atoms with Gasteiger partial charge in [-0.25, -0.2) is 0 Å². The smallest absolute Gasteiger partial charge is 0.0594 e. The summed E-state index contributed by atoms with van der Waals surface area (Å²) in [6, 6.07) is 13.3. The van der Waals surface area contributed by atoms with Gasteiger partial charge in [0.25, 0.3) is 0 Å². The third-order valence-corrected chi connectivity index (χ3v) is 5.95. The summed E-state index contributed by atoms with van der Waals surface area (Å²) in [5.41, 5.74) is 5.46. The molecule has 0 amide bonds. The van der Waals surface area contributed by atoms with Crippen LogP contribution in [-0.2, 0) is 17.7 Å². The number of aromatic nitrogens is 2. The molecular formula is C22H26N4O.